The Labute approximate surface area is 243 Å². The Morgan fingerprint density at radius 3 is 2.61 bits per heavy atom. The summed E-state index contributed by atoms with van der Waals surface area (Å²) in [6.45, 7) is 1.79. The number of aromatic nitrogens is 2. The molecule has 1 heterocycles. The molecule has 11 heteroatoms. The van der Waals surface area contributed by atoms with Gasteiger partial charge < -0.3 is 10.1 Å². The maximum Gasteiger partial charge on any atom is 0.282 e. The number of halogens is 4. The van der Waals surface area contributed by atoms with E-state index in [4.69, 9.17) is 4.74 Å². The molecule has 1 aromatic heterocycles. The molecule has 0 aliphatic carbocycles. The second-order valence-electron chi connectivity index (χ2n) is 8.32. The molecule has 0 saturated heterocycles. The molecule has 1 amide bonds. The van der Waals surface area contributed by atoms with Gasteiger partial charge in [-0.25, -0.2) is 9.37 Å². The van der Waals surface area contributed by atoms with E-state index in [1.807, 2.05) is 12.1 Å². The van der Waals surface area contributed by atoms with Crippen LogP contribution in [0.1, 0.15) is 31.2 Å². The number of nitrogens with one attached hydrogen (secondary N) is 1. The van der Waals surface area contributed by atoms with Gasteiger partial charge in [0, 0.05) is 16.6 Å². The molecule has 3 aromatic carbocycles. The summed E-state index contributed by atoms with van der Waals surface area (Å²) in [5.41, 5.74) is 1.40. The normalized spacial score (nSPS) is 11.3. The largest absolute Gasteiger partial charge is 0.481 e. The number of carbonyl (C=O) groups is 1. The van der Waals surface area contributed by atoms with Crippen LogP contribution in [0.4, 0.5) is 10.1 Å². The predicted molar refractivity (Wildman–Crippen MR) is 158 cm³/mol. The van der Waals surface area contributed by atoms with Gasteiger partial charge in [0.2, 0.25) is 0 Å². The average molecular weight is 709 g/mol. The fourth-order valence-electron chi connectivity index (χ4n) is 3.63. The van der Waals surface area contributed by atoms with Crippen molar-refractivity contribution < 1.29 is 13.9 Å². The van der Waals surface area contributed by atoms with Gasteiger partial charge in [0.25, 0.3) is 11.5 Å². The summed E-state index contributed by atoms with van der Waals surface area (Å²) in [5.74, 6) is 0.118. The minimum atomic E-state index is -0.446. The molecule has 38 heavy (non-hydrogen) atoms. The van der Waals surface area contributed by atoms with Crippen LogP contribution in [-0.2, 0) is 11.2 Å². The van der Waals surface area contributed by atoms with Gasteiger partial charge in [0.15, 0.2) is 6.61 Å². The van der Waals surface area contributed by atoms with Gasteiger partial charge in [-0.1, -0.05) is 35.3 Å². The zero-order valence-corrected chi connectivity index (χ0v) is 24.9. The Morgan fingerprint density at radius 1 is 1.13 bits per heavy atom. The van der Waals surface area contributed by atoms with Crippen molar-refractivity contribution in [2.24, 2.45) is 5.10 Å². The molecule has 0 atom stereocenters. The van der Waals surface area contributed by atoms with E-state index in [1.165, 1.54) is 22.9 Å². The number of anilines is 1. The third kappa shape index (κ3) is 6.95. The predicted octanol–water partition coefficient (Wildman–Crippen LogP) is 7.07. The zero-order valence-electron chi connectivity index (χ0n) is 20.2. The standard InChI is InChI=1S/C27H22Br3FN4O3/c1-2-3-7-24-34-23-9-8-17(28)12-20(23)27(37)35(24)32-14-16-10-21(29)26(22(30)11-16)38-15-25(36)33-19-6-4-5-18(31)13-19/h4-6,8-14H,2-3,7,15H2,1H3,(H,33,36). The highest BCUT2D eigenvalue weighted by Crippen LogP contribution is 2.34. The lowest BCUT2D eigenvalue weighted by Crippen LogP contribution is -2.22. The molecular weight excluding hydrogens is 687 g/mol. The number of benzene rings is 3. The molecule has 1 N–H and O–H groups in total. The Balaban J connectivity index is 1.55. The molecule has 0 fully saturated rings. The second kappa shape index (κ2) is 12.8. The van der Waals surface area contributed by atoms with Gasteiger partial charge in [0.1, 0.15) is 17.4 Å². The lowest BCUT2D eigenvalue weighted by Gasteiger charge is -2.12. The van der Waals surface area contributed by atoms with E-state index in [-0.39, 0.29) is 12.2 Å². The number of rotatable bonds is 9. The molecular formula is C27H22Br3FN4O3. The van der Waals surface area contributed by atoms with Crippen LogP contribution in [0.3, 0.4) is 0 Å². The molecule has 0 aliphatic heterocycles. The van der Waals surface area contributed by atoms with Crippen molar-refractivity contribution >= 4 is 76.5 Å². The van der Waals surface area contributed by atoms with Crippen LogP contribution < -0.4 is 15.6 Å². The summed E-state index contributed by atoms with van der Waals surface area (Å²) >= 11 is 10.4. The quantitative estimate of drug-likeness (QED) is 0.189. The van der Waals surface area contributed by atoms with Crippen molar-refractivity contribution in [3.05, 3.63) is 95.6 Å². The zero-order chi connectivity index (χ0) is 27.2. The van der Waals surface area contributed by atoms with Gasteiger partial charge in [-0.05, 0) is 92.4 Å². The molecule has 0 saturated carbocycles. The van der Waals surface area contributed by atoms with Gasteiger partial charge in [-0.2, -0.15) is 9.78 Å². The number of carbonyl (C=O) groups excluding carboxylic acids is 1. The van der Waals surface area contributed by atoms with Gasteiger partial charge >= 0.3 is 0 Å². The third-order valence-corrected chi connectivity index (χ3v) is 7.10. The molecule has 0 unspecified atom stereocenters. The maximum atomic E-state index is 13.3. The highest BCUT2D eigenvalue weighted by Gasteiger charge is 2.13. The van der Waals surface area contributed by atoms with Crippen LogP contribution in [0.15, 0.2) is 77.9 Å². The lowest BCUT2D eigenvalue weighted by molar-refractivity contribution is -0.118. The minimum Gasteiger partial charge on any atom is -0.481 e. The third-order valence-electron chi connectivity index (χ3n) is 5.43. The lowest BCUT2D eigenvalue weighted by atomic mass is 10.2. The van der Waals surface area contributed by atoms with Crippen molar-refractivity contribution in [3.8, 4) is 5.75 Å². The molecule has 7 nitrogen and oxygen atoms in total. The first-order valence-electron chi connectivity index (χ1n) is 11.7. The summed E-state index contributed by atoms with van der Waals surface area (Å²) in [5, 5.41) is 7.53. The van der Waals surface area contributed by atoms with Crippen LogP contribution in [0.25, 0.3) is 10.9 Å². The highest BCUT2D eigenvalue weighted by atomic mass is 79.9. The van der Waals surface area contributed by atoms with Crippen molar-refractivity contribution in [2.45, 2.75) is 26.2 Å². The number of fused-ring (bicyclic) bond motifs is 1. The second-order valence-corrected chi connectivity index (χ2v) is 10.9. The summed E-state index contributed by atoms with van der Waals surface area (Å²) in [7, 11) is 0. The summed E-state index contributed by atoms with van der Waals surface area (Å²) in [6.07, 6.45) is 4.02. The minimum absolute atomic E-state index is 0.249. The molecule has 0 aliphatic rings. The molecule has 0 radical (unpaired) electrons. The fraction of sp³-hybridized carbons (Fsp3) is 0.185. The Hall–Kier alpha value is -2.89. The maximum absolute atomic E-state index is 13.3. The first-order chi connectivity index (χ1) is 18.2. The van der Waals surface area contributed by atoms with Gasteiger partial charge in [0.05, 0.1) is 26.1 Å². The number of hydrogen-bond acceptors (Lipinski definition) is 5. The SMILES string of the molecule is CCCCc1nc2ccc(Br)cc2c(=O)n1N=Cc1cc(Br)c(OCC(=O)Nc2cccc(F)c2)c(Br)c1. The van der Waals surface area contributed by atoms with E-state index in [0.717, 1.165) is 17.3 Å². The van der Waals surface area contributed by atoms with Crippen molar-refractivity contribution in [3.63, 3.8) is 0 Å². The van der Waals surface area contributed by atoms with Crippen LogP contribution in [0.5, 0.6) is 5.75 Å². The highest BCUT2D eigenvalue weighted by molar-refractivity contribution is 9.11. The van der Waals surface area contributed by atoms with Gasteiger partial charge in [-0.15, -0.1) is 0 Å². The van der Waals surface area contributed by atoms with Crippen molar-refractivity contribution in [2.75, 3.05) is 11.9 Å². The Morgan fingerprint density at radius 2 is 1.89 bits per heavy atom. The van der Waals surface area contributed by atoms with Crippen LogP contribution in [0.2, 0.25) is 0 Å². The van der Waals surface area contributed by atoms with E-state index < -0.39 is 11.7 Å². The fourth-order valence-corrected chi connectivity index (χ4v) is 5.44. The Bertz CT molecular complexity index is 1570. The first-order valence-corrected chi connectivity index (χ1v) is 14.1. The number of unbranched alkanes of at least 4 members (excludes halogenated alkanes) is 1. The molecule has 4 aromatic rings. The van der Waals surface area contributed by atoms with E-state index in [1.54, 1.807) is 30.5 Å². The number of aryl methyl sites for hydroxylation is 1. The smallest absolute Gasteiger partial charge is 0.282 e. The topological polar surface area (TPSA) is 85.6 Å². The number of hydrogen-bond donors (Lipinski definition) is 1. The molecule has 4 rings (SSSR count). The van der Waals surface area contributed by atoms with Crippen molar-refractivity contribution in [1.29, 1.82) is 0 Å². The van der Waals surface area contributed by atoms with E-state index in [2.05, 4.69) is 70.1 Å². The summed E-state index contributed by atoms with van der Waals surface area (Å²) in [6, 6.07) is 14.5. The summed E-state index contributed by atoms with van der Waals surface area (Å²) < 4.78 is 22.3. The van der Waals surface area contributed by atoms with Crippen LogP contribution in [-0.4, -0.2) is 28.4 Å². The monoisotopic (exact) mass is 706 g/mol. The molecule has 0 bridgehead atoms. The number of nitrogens with zero attached hydrogens (tertiary/aromatic N) is 3. The van der Waals surface area contributed by atoms with Crippen LogP contribution in [0, 0.1) is 5.82 Å². The average Bonchev–Trinajstić information content (AvgIpc) is 2.87. The van der Waals surface area contributed by atoms with E-state index in [9.17, 15) is 14.0 Å². The summed E-state index contributed by atoms with van der Waals surface area (Å²) in [4.78, 5) is 30.2. The number of ether oxygens (including phenoxy) is 1. The van der Waals surface area contributed by atoms with Crippen LogP contribution >= 0.6 is 47.8 Å². The van der Waals surface area contributed by atoms with E-state index >= 15 is 0 Å². The Kier molecular flexibility index (Phi) is 9.45. The number of amides is 1. The van der Waals surface area contributed by atoms with Gasteiger partial charge in [-0.3, -0.25) is 9.59 Å². The molecule has 196 valence electrons. The van der Waals surface area contributed by atoms with E-state index in [0.29, 0.717) is 49.1 Å². The van der Waals surface area contributed by atoms with Crippen molar-refractivity contribution in [1.82, 2.24) is 9.66 Å². The first kappa shape index (κ1) is 28.1. The molecule has 0 spiro atoms.